The summed E-state index contributed by atoms with van der Waals surface area (Å²) in [5.41, 5.74) is 2.82. The number of halogens is 2. The summed E-state index contributed by atoms with van der Waals surface area (Å²) in [5.74, 6) is -0.283. The van der Waals surface area contributed by atoms with Gasteiger partial charge in [-0.25, -0.2) is 4.39 Å². The molecular weight excluding hydrogens is 283 g/mol. The van der Waals surface area contributed by atoms with Crippen molar-refractivity contribution in [3.63, 3.8) is 0 Å². The van der Waals surface area contributed by atoms with Gasteiger partial charge in [-0.05, 0) is 46.1 Å². The van der Waals surface area contributed by atoms with Crippen LogP contribution < -0.4 is 0 Å². The molecule has 0 saturated heterocycles. The highest BCUT2D eigenvalue weighted by Crippen LogP contribution is 2.30. The van der Waals surface area contributed by atoms with Gasteiger partial charge >= 0.3 is 0 Å². The van der Waals surface area contributed by atoms with E-state index in [1.807, 2.05) is 6.92 Å². The topological polar surface area (TPSA) is 17.1 Å². The second kappa shape index (κ2) is 4.80. The van der Waals surface area contributed by atoms with Gasteiger partial charge in [0.25, 0.3) is 0 Å². The summed E-state index contributed by atoms with van der Waals surface area (Å²) in [4.78, 5) is 10.6. The normalized spacial score (nSPS) is 10.3. The van der Waals surface area contributed by atoms with E-state index in [0.29, 0.717) is 15.6 Å². The van der Waals surface area contributed by atoms with E-state index in [2.05, 4.69) is 15.9 Å². The maximum Gasteiger partial charge on any atom is 0.150 e. The summed E-state index contributed by atoms with van der Waals surface area (Å²) < 4.78 is 14.4. The number of benzene rings is 2. The van der Waals surface area contributed by atoms with Gasteiger partial charge in [-0.15, -0.1) is 0 Å². The maximum absolute atomic E-state index is 13.9. The first-order valence-corrected chi connectivity index (χ1v) is 5.93. The van der Waals surface area contributed by atoms with Crippen LogP contribution in [0.25, 0.3) is 11.1 Å². The molecule has 2 rings (SSSR count). The molecular formula is C14H10BrFO. The van der Waals surface area contributed by atoms with Crippen LogP contribution in [0.5, 0.6) is 0 Å². The van der Waals surface area contributed by atoms with Crippen molar-refractivity contribution in [3.8, 4) is 11.1 Å². The van der Waals surface area contributed by atoms with E-state index in [1.165, 1.54) is 0 Å². The number of aryl methyl sites for hydroxylation is 1. The lowest BCUT2D eigenvalue weighted by Crippen LogP contribution is -1.90. The van der Waals surface area contributed by atoms with Gasteiger partial charge in [-0.3, -0.25) is 4.79 Å². The fourth-order valence-electron chi connectivity index (χ4n) is 1.77. The molecule has 3 heteroatoms. The van der Waals surface area contributed by atoms with E-state index in [0.717, 1.165) is 17.4 Å². The zero-order chi connectivity index (χ0) is 12.4. The molecule has 0 aliphatic heterocycles. The Morgan fingerprint density at radius 2 is 1.94 bits per heavy atom. The van der Waals surface area contributed by atoms with Gasteiger partial charge < -0.3 is 0 Å². The summed E-state index contributed by atoms with van der Waals surface area (Å²) in [6.07, 6.45) is 0.786. The van der Waals surface area contributed by atoms with Crippen molar-refractivity contribution >= 4 is 22.2 Å². The van der Waals surface area contributed by atoms with Crippen LogP contribution in [0.15, 0.2) is 40.9 Å². The second-order valence-electron chi connectivity index (χ2n) is 3.79. The van der Waals surface area contributed by atoms with Crippen molar-refractivity contribution in [1.82, 2.24) is 0 Å². The molecule has 0 N–H and O–H groups in total. The zero-order valence-corrected chi connectivity index (χ0v) is 10.8. The minimum Gasteiger partial charge on any atom is -0.298 e. The molecule has 17 heavy (non-hydrogen) atoms. The Bertz CT molecular complexity index is 578. The van der Waals surface area contributed by atoms with Gasteiger partial charge in [0.2, 0.25) is 0 Å². The molecule has 0 aromatic heterocycles. The quantitative estimate of drug-likeness (QED) is 0.751. The molecule has 0 heterocycles. The molecule has 0 amide bonds. The standard InChI is InChI=1S/C14H10BrFO/c1-9-7-10(8-17)5-6-11(9)12-3-2-4-13(15)14(12)16/h2-8H,1H3. The lowest BCUT2D eigenvalue weighted by atomic mass is 9.98. The summed E-state index contributed by atoms with van der Waals surface area (Å²) in [6, 6.07) is 10.4. The van der Waals surface area contributed by atoms with Crippen LogP contribution in [0.4, 0.5) is 4.39 Å². The number of rotatable bonds is 2. The van der Waals surface area contributed by atoms with Crippen molar-refractivity contribution in [3.05, 3.63) is 57.8 Å². The molecule has 0 unspecified atom stereocenters. The predicted molar refractivity (Wildman–Crippen MR) is 69.7 cm³/mol. The lowest BCUT2D eigenvalue weighted by molar-refractivity contribution is 0.112. The molecule has 86 valence electrons. The summed E-state index contributed by atoms with van der Waals surface area (Å²) in [7, 11) is 0. The monoisotopic (exact) mass is 292 g/mol. The van der Waals surface area contributed by atoms with Gasteiger partial charge in [-0.1, -0.05) is 24.3 Å². The molecule has 2 aromatic rings. The van der Waals surface area contributed by atoms with Crippen LogP contribution in [0, 0.1) is 12.7 Å². The summed E-state index contributed by atoms with van der Waals surface area (Å²) in [6.45, 7) is 1.86. The zero-order valence-electron chi connectivity index (χ0n) is 9.21. The van der Waals surface area contributed by atoms with Crippen LogP contribution in [0.3, 0.4) is 0 Å². The van der Waals surface area contributed by atoms with Crippen LogP contribution >= 0.6 is 15.9 Å². The number of hydrogen-bond acceptors (Lipinski definition) is 1. The van der Waals surface area contributed by atoms with E-state index in [-0.39, 0.29) is 5.82 Å². The Morgan fingerprint density at radius 1 is 1.18 bits per heavy atom. The molecule has 1 nitrogen and oxygen atoms in total. The Kier molecular flexibility index (Phi) is 3.38. The molecule has 0 atom stereocenters. The van der Waals surface area contributed by atoms with Gasteiger partial charge in [0.15, 0.2) is 0 Å². The maximum atomic E-state index is 13.9. The predicted octanol–water partition coefficient (Wildman–Crippen LogP) is 4.38. The summed E-state index contributed by atoms with van der Waals surface area (Å²) >= 11 is 3.16. The van der Waals surface area contributed by atoms with E-state index < -0.39 is 0 Å². The third kappa shape index (κ3) is 2.29. The summed E-state index contributed by atoms with van der Waals surface area (Å²) in [5, 5.41) is 0. The number of carbonyl (C=O) groups is 1. The minimum absolute atomic E-state index is 0.283. The minimum atomic E-state index is -0.283. The Morgan fingerprint density at radius 3 is 2.59 bits per heavy atom. The van der Waals surface area contributed by atoms with Crippen molar-refractivity contribution in [2.75, 3.05) is 0 Å². The first kappa shape index (κ1) is 12.0. The Labute approximate surface area is 107 Å². The van der Waals surface area contributed by atoms with E-state index in [4.69, 9.17) is 0 Å². The molecule has 2 aromatic carbocycles. The number of aldehydes is 1. The average molecular weight is 293 g/mol. The Hall–Kier alpha value is -1.48. The van der Waals surface area contributed by atoms with Crippen molar-refractivity contribution in [1.29, 1.82) is 0 Å². The first-order valence-electron chi connectivity index (χ1n) is 5.13. The van der Waals surface area contributed by atoms with Crippen LogP contribution in [0.1, 0.15) is 15.9 Å². The molecule has 0 saturated carbocycles. The van der Waals surface area contributed by atoms with E-state index in [1.54, 1.807) is 36.4 Å². The average Bonchev–Trinajstić information content (AvgIpc) is 2.33. The van der Waals surface area contributed by atoms with Crippen molar-refractivity contribution < 1.29 is 9.18 Å². The molecule has 0 aliphatic carbocycles. The number of hydrogen-bond donors (Lipinski definition) is 0. The third-order valence-electron chi connectivity index (χ3n) is 2.63. The SMILES string of the molecule is Cc1cc(C=O)ccc1-c1cccc(Br)c1F. The fraction of sp³-hybridized carbons (Fsp3) is 0.0714. The highest BCUT2D eigenvalue weighted by molar-refractivity contribution is 9.10. The van der Waals surface area contributed by atoms with Gasteiger partial charge in [0.05, 0.1) is 4.47 Å². The molecule has 0 aliphatic rings. The molecule has 0 radical (unpaired) electrons. The highest BCUT2D eigenvalue weighted by atomic mass is 79.9. The fourth-order valence-corrected chi connectivity index (χ4v) is 2.14. The van der Waals surface area contributed by atoms with Crippen molar-refractivity contribution in [2.45, 2.75) is 6.92 Å². The van der Waals surface area contributed by atoms with Crippen LogP contribution in [0.2, 0.25) is 0 Å². The van der Waals surface area contributed by atoms with Gasteiger partial charge in [0, 0.05) is 11.1 Å². The van der Waals surface area contributed by atoms with Crippen LogP contribution in [-0.2, 0) is 0 Å². The van der Waals surface area contributed by atoms with Gasteiger partial charge in [-0.2, -0.15) is 0 Å². The van der Waals surface area contributed by atoms with E-state index >= 15 is 0 Å². The Balaban J connectivity index is 2.61. The number of carbonyl (C=O) groups excluding carboxylic acids is 1. The largest absolute Gasteiger partial charge is 0.298 e. The van der Waals surface area contributed by atoms with Crippen molar-refractivity contribution in [2.24, 2.45) is 0 Å². The smallest absolute Gasteiger partial charge is 0.150 e. The molecule has 0 fully saturated rings. The highest BCUT2D eigenvalue weighted by Gasteiger charge is 2.10. The third-order valence-corrected chi connectivity index (χ3v) is 3.24. The van der Waals surface area contributed by atoms with E-state index in [9.17, 15) is 9.18 Å². The first-order chi connectivity index (χ1) is 8.13. The second-order valence-corrected chi connectivity index (χ2v) is 4.65. The molecule has 0 bridgehead atoms. The molecule has 0 spiro atoms. The van der Waals surface area contributed by atoms with Crippen LogP contribution in [-0.4, -0.2) is 6.29 Å². The lowest BCUT2D eigenvalue weighted by Gasteiger charge is -2.08. The van der Waals surface area contributed by atoms with Gasteiger partial charge in [0.1, 0.15) is 12.1 Å².